The summed E-state index contributed by atoms with van der Waals surface area (Å²) in [5, 5.41) is 0. The molecule has 0 fully saturated rings. The lowest BCUT2D eigenvalue weighted by atomic mass is 10.7. The van der Waals surface area contributed by atoms with Crippen LogP contribution in [0, 0.1) is 0 Å². The van der Waals surface area contributed by atoms with Gasteiger partial charge in [-0.05, 0) is 0 Å². The van der Waals surface area contributed by atoms with Gasteiger partial charge in [0.05, 0.1) is 0 Å². The highest BCUT2D eigenvalue weighted by Crippen LogP contribution is 2.15. The molecule has 0 saturated carbocycles. The van der Waals surface area contributed by atoms with Crippen molar-refractivity contribution < 1.29 is 17.9 Å². The summed E-state index contributed by atoms with van der Waals surface area (Å²) in [7, 11) is 0. The van der Waals surface area contributed by atoms with Gasteiger partial charge >= 0.3 is 6.18 Å². The first kappa shape index (κ1) is 7.90. The van der Waals surface area contributed by atoms with Crippen molar-refractivity contribution in [3.8, 4) is 6.01 Å². The Morgan fingerprint density at radius 2 is 2.27 bits per heavy atom. The molecule has 1 aromatic rings. The predicted octanol–water partition coefficient (Wildman–Crippen LogP) is 1.35. The van der Waals surface area contributed by atoms with E-state index >= 15 is 0 Å². The van der Waals surface area contributed by atoms with E-state index in [1.165, 1.54) is 12.4 Å². The maximum absolute atomic E-state index is 11.5. The highest BCUT2D eigenvalue weighted by Gasteiger charge is 2.28. The standard InChI is InChI=1S/C5H5F3N2O/c6-5(7,8)3-11-4-9-1-2-10-4/h1-2H,3H2,(H,9,10). The number of aromatic nitrogens is 2. The molecule has 0 amide bonds. The Morgan fingerprint density at radius 1 is 1.55 bits per heavy atom. The first-order chi connectivity index (χ1) is 5.08. The van der Waals surface area contributed by atoms with Crippen molar-refractivity contribution in [1.29, 1.82) is 0 Å². The van der Waals surface area contributed by atoms with Crippen molar-refractivity contribution in [3.63, 3.8) is 0 Å². The molecule has 0 atom stereocenters. The van der Waals surface area contributed by atoms with Crippen LogP contribution in [0.2, 0.25) is 0 Å². The van der Waals surface area contributed by atoms with E-state index in [1.54, 1.807) is 0 Å². The molecule has 0 unspecified atom stereocenters. The number of rotatable bonds is 2. The molecule has 0 aliphatic heterocycles. The number of nitrogens with one attached hydrogen (secondary N) is 1. The summed E-state index contributed by atoms with van der Waals surface area (Å²) in [4.78, 5) is 5.82. The van der Waals surface area contributed by atoms with Gasteiger partial charge in [0.25, 0.3) is 6.01 Å². The average molecular weight is 166 g/mol. The SMILES string of the molecule is FC(F)(F)COc1ncc[nH]1. The van der Waals surface area contributed by atoms with E-state index in [1.807, 2.05) is 0 Å². The monoisotopic (exact) mass is 166 g/mol. The summed E-state index contributed by atoms with van der Waals surface area (Å²) in [5.74, 6) is 0. The fourth-order valence-electron chi connectivity index (χ4n) is 0.480. The summed E-state index contributed by atoms with van der Waals surface area (Å²) < 4.78 is 38.7. The first-order valence-corrected chi connectivity index (χ1v) is 2.77. The van der Waals surface area contributed by atoms with Gasteiger partial charge < -0.3 is 9.72 Å². The molecule has 3 nitrogen and oxygen atoms in total. The Labute approximate surface area is 60.2 Å². The molecule has 0 aliphatic carbocycles. The van der Waals surface area contributed by atoms with Gasteiger partial charge in [-0.2, -0.15) is 13.2 Å². The highest BCUT2D eigenvalue weighted by atomic mass is 19.4. The largest absolute Gasteiger partial charge is 0.455 e. The number of alkyl halides is 3. The summed E-state index contributed by atoms with van der Waals surface area (Å²) in [6.07, 6.45) is -1.62. The van der Waals surface area contributed by atoms with Crippen molar-refractivity contribution in [2.24, 2.45) is 0 Å². The molecule has 0 radical (unpaired) electrons. The van der Waals surface area contributed by atoms with Gasteiger partial charge in [-0.15, -0.1) is 0 Å². The zero-order valence-corrected chi connectivity index (χ0v) is 5.35. The second kappa shape index (κ2) is 2.81. The van der Waals surface area contributed by atoms with Crippen LogP contribution in [0.1, 0.15) is 0 Å². The first-order valence-electron chi connectivity index (χ1n) is 2.77. The summed E-state index contributed by atoms with van der Waals surface area (Å²) >= 11 is 0. The van der Waals surface area contributed by atoms with Gasteiger partial charge in [0.15, 0.2) is 6.61 Å². The molecule has 1 N–H and O–H groups in total. The van der Waals surface area contributed by atoms with Crippen molar-refractivity contribution in [1.82, 2.24) is 9.97 Å². The van der Waals surface area contributed by atoms with Crippen LogP contribution in [0.3, 0.4) is 0 Å². The minimum atomic E-state index is -4.31. The smallest absolute Gasteiger partial charge is 0.422 e. The third-order valence-electron chi connectivity index (χ3n) is 0.846. The van der Waals surface area contributed by atoms with Crippen molar-refractivity contribution in [2.75, 3.05) is 6.61 Å². The molecule has 62 valence electrons. The highest BCUT2D eigenvalue weighted by molar-refractivity contribution is 4.92. The molecular formula is C5H5F3N2O. The predicted molar refractivity (Wildman–Crippen MR) is 30.1 cm³/mol. The summed E-state index contributed by atoms with van der Waals surface area (Å²) in [6.45, 7) is -1.32. The number of aromatic amines is 1. The van der Waals surface area contributed by atoms with Crippen LogP contribution in [0.5, 0.6) is 6.01 Å². The number of halogens is 3. The molecule has 1 rings (SSSR count). The van der Waals surface area contributed by atoms with Gasteiger partial charge in [-0.25, -0.2) is 4.98 Å². The normalized spacial score (nSPS) is 11.5. The van der Waals surface area contributed by atoms with Gasteiger partial charge in [0.2, 0.25) is 0 Å². The van der Waals surface area contributed by atoms with Gasteiger partial charge in [0, 0.05) is 12.4 Å². The van der Waals surface area contributed by atoms with Crippen LogP contribution in [0.25, 0.3) is 0 Å². The van der Waals surface area contributed by atoms with Crippen LogP contribution in [0.15, 0.2) is 12.4 Å². The zero-order chi connectivity index (χ0) is 8.32. The number of H-pyrrole nitrogens is 1. The Hall–Kier alpha value is -1.20. The van der Waals surface area contributed by atoms with E-state index in [4.69, 9.17) is 0 Å². The third kappa shape index (κ3) is 2.92. The fourth-order valence-corrected chi connectivity index (χ4v) is 0.480. The lowest BCUT2D eigenvalue weighted by Crippen LogP contribution is -2.19. The number of hydrogen-bond acceptors (Lipinski definition) is 2. The molecule has 0 bridgehead atoms. The lowest BCUT2D eigenvalue weighted by Gasteiger charge is -2.05. The van der Waals surface area contributed by atoms with Crippen molar-refractivity contribution in [3.05, 3.63) is 12.4 Å². The fraction of sp³-hybridized carbons (Fsp3) is 0.400. The van der Waals surface area contributed by atoms with Gasteiger partial charge in [-0.1, -0.05) is 0 Å². The second-order valence-electron chi connectivity index (χ2n) is 1.80. The maximum atomic E-state index is 11.5. The molecule has 11 heavy (non-hydrogen) atoms. The third-order valence-corrected chi connectivity index (χ3v) is 0.846. The number of imidazole rings is 1. The van der Waals surface area contributed by atoms with E-state index in [-0.39, 0.29) is 6.01 Å². The topological polar surface area (TPSA) is 37.9 Å². The molecule has 0 aromatic carbocycles. The Balaban J connectivity index is 2.35. The number of hydrogen-bond donors (Lipinski definition) is 1. The van der Waals surface area contributed by atoms with Crippen LogP contribution in [-0.2, 0) is 0 Å². The molecule has 0 saturated heterocycles. The minimum Gasteiger partial charge on any atom is -0.455 e. The van der Waals surface area contributed by atoms with Crippen LogP contribution >= 0.6 is 0 Å². The Kier molecular flexibility index (Phi) is 2.02. The van der Waals surface area contributed by atoms with Gasteiger partial charge in [0.1, 0.15) is 0 Å². The van der Waals surface area contributed by atoms with E-state index < -0.39 is 12.8 Å². The number of nitrogens with zero attached hydrogens (tertiary/aromatic N) is 1. The van der Waals surface area contributed by atoms with E-state index in [0.29, 0.717) is 0 Å². The molecule has 0 aliphatic rings. The van der Waals surface area contributed by atoms with Crippen molar-refractivity contribution >= 4 is 0 Å². The second-order valence-corrected chi connectivity index (χ2v) is 1.80. The van der Waals surface area contributed by atoms with E-state index in [9.17, 15) is 13.2 Å². The molecule has 0 spiro atoms. The van der Waals surface area contributed by atoms with E-state index in [2.05, 4.69) is 14.7 Å². The Bertz CT molecular complexity index is 206. The lowest BCUT2D eigenvalue weighted by molar-refractivity contribution is -0.154. The average Bonchev–Trinajstić information content (AvgIpc) is 2.32. The van der Waals surface area contributed by atoms with E-state index in [0.717, 1.165) is 0 Å². The van der Waals surface area contributed by atoms with Gasteiger partial charge in [-0.3, -0.25) is 0 Å². The summed E-state index contributed by atoms with van der Waals surface area (Å²) in [5.41, 5.74) is 0. The van der Waals surface area contributed by atoms with Crippen LogP contribution in [0.4, 0.5) is 13.2 Å². The number of ether oxygens (including phenoxy) is 1. The molecular weight excluding hydrogens is 161 g/mol. The van der Waals surface area contributed by atoms with Crippen molar-refractivity contribution in [2.45, 2.75) is 6.18 Å². The Morgan fingerprint density at radius 3 is 2.73 bits per heavy atom. The zero-order valence-electron chi connectivity index (χ0n) is 5.35. The maximum Gasteiger partial charge on any atom is 0.422 e. The summed E-state index contributed by atoms with van der Waals surface area (Å²) in [6, 6.07) is -0.123. The van der Waals surface area contributed by atoms with Crippen LogP contribution in [-0.4, -0.2) is 22.8 Å². The minimum absolute atomic E-state index is 0.123. The quantitative estimate of drug-likeness (QED) is 0.720. The molecule has 6 heteroatoms. The molecule has 1 heterocycles. The molecule has 1 aromatic heterocycles. The van der Waals surface area contributed by atoms with Crippen LogP contribution < -0.4 is 4.74 Å².